The molecule has 0 aromatic carbocycles. The van der Waals surface area contributed by atoms with Crippen LogP contribution in [0.3, 0.4) is 0 Å². The second-order valence-electron chi connectivity index (χ2n) is 10.1. The molecule has 0 aromatic rings. The molecular formula is C24H31NO. The van der Waals surface area contributed by atoms with Crippen molar-refractivity contribution >= 4 is 5.78 Å². The maximum absolute atomic E-state index is 12.0. The van der Waals surface area contributed by atoms with E-state index in [1.807, 2.05) is 6.08 Å². The van der Waals surface area contributed by atoms with Gasteiger partial charge in [0, 0.05) is 6.42 Å². The smallest absolute Gasteiger partial charge is 0.155 e. The first kappa shape index (κ1) is 16.8. The van der Waals surface area contributed by atoms with Crippen molar-refractivity contribution in [3.05, 3.63) is 24.3 Å². The number of nitriles is 1. The number of hydrogen-bond donors (Lipinski definition) is 0. The van der Waals surface area contributed by atoms with Crippen LogP contribution in [0.25, 0.3) is 0 Å². The Balaban J connectivity index is 1.60. The zero-order chi connectivity index (χ0) is 18.3. The summed E-state index contributed by atoms with van der Waals surface area (Å²) in [6, 6.07) is 2.83. The van der Waals surface area contributed by atoms with Crippen molar-refractivity contribution in [2.75, 3.05) is 0 Å². The van der Waals surface area contributed by atoms with Gasteiger partial charge in [-0.1, -0.05) is 18.6 Å². The van der Waals surface area contributed by atoms with Crippen LogP contribution >= 0.6 is 0 Å². The maximum Gasteiger partial charge on any atom is 0.155 e. The van der Waals surface area contributed by atoms with Gasteiger partial charge >= 0.3 is 0 Å². The molecule has 9 atom stereocenters. The van der Waals surface area contributed by atoms with E-state index in [0.717, 1.165) is 31.6 Å². The monoisotopic (exact) mass is 349 g/mol. The molecule has 0 heterocycles. The third kappa shape index (κ3) is 1.81. The maximum atomic E-state index is 12.0. The summed E-state index contributed by atoms with van der Waals surface area (Å²) in [5.74, 6) is 4.93. The van der Waals surface area contributed by atoms with Crippen LogP contribution in [0.2, 0.25) is 0 Å². The Kier molecular flexibility index (Phi) is 3.45. The molecule has 5 rings (SSSR count). The standard InChI is InChI=1S/C24H31NO/c1-4-14-10-15-11-16(26)6-7-17(15)18-8-9-24(5-2)22(21(14)18)19-12-20(19)23(24,3)13-25/h4,11,14,17-22H,1,5-10,12H2,2-3H3/t14-,17+,18-,19-,20+,21-,22+,23?,24+/m1/s1. The number of fused-ring (bicyclic) bond motifs is 7. The van der Waals surface area contributed by atoms with Crippen molar-refractivity contribution in [2.24, 2.45) is 52.3 Å². The summed E-state index contributed by atoms with van der Waals surface area (Å²) in [7, 11) is 0. The van der Waals surface area contributed by atoms with Gasteiger partial charge in [-0.3, -0.25) is 4.79 Å². The zero-order valence-corrected chi connectivity index (χ0v) is 16.2. The fraction of sp³-hybridized carbons (Fsp3) is 0.750. The SMILES string of the molecule is C=C[C@@H]1CC2=CC(=O)CC[C@@H]2[C@H]2CC[C@@]3(CC)[C@@H]([C@@H]4C[C@@H]4C3(C)C#N)[C@@H]21. The average molecular weight is 350 g/mol. The minimum absolute atomic E-state index is 0.133. The fourth-order valence-electron chi connectivity index (χ4n) is 8.61. The molecule has 0 saturated heterocycles. The topological polar surface area (TPSA) is 40.9 Å². The largest absolute Gasteiger partial charge is 0.295 e. The molecule has 138 valence electrons. The third-order valence-corrected chi connectivity index (χ3v) is 9.72. The first-order valence-electron chi connectivity index (χ1n) is 10.8. The number of ketones is 1. The van der Waals surface area contributed by atoms with Crippen LogP contribution in [-0.4, -0.2) is 5.78 Å². The van der Waals surface area contributed by atoms with Crippen LogP contribution < -0.4 is 0 Å². The summed E-state index contributed by atoms with van der Waals surface area (Å²) in [4.78, 5) is 12.0. The van der Waals surface area contributed by atoms with E-state index >= 15 is 0 Å². The summed E-state index contributed by atoms with van der Waals surface area (Å²) in [6.07, 6.45) is 11.9. The van der Waals surface area contributed by atoms with Crippen LogP contribution in [0.1, 0.15) is 58.8 Å². The van der Waals surface area contributed by atoms with Crippen molar-refractivity contribution < 1.29 is 4.79 Å². The molecule has 5 aliphatic rings. The molecule has 1 unspecified atom stereocenters. The highest BCUT2D eigenvalue weighted by molar-refractivity contribution is 5.91. The molecule has 0 N–H and O–H groups in total. The van der Waals surface area contributed by atoms with E-state index < -0.39 is 0 Å². The minimum Gasteiger partial charge on any atom is -0.295 e. The normalized spacial score (nSPS) is 54.1. The molecule has 5 aliphatic carbocycles. The van der Waals surface area contributed by atoms with Gasteiger partial charge in [-0.05, 0) is 98.4 Å². The molecule has 0 spiro atoms. The Hall–Kier alpha value is -1.36. The van der Waals surface area contributed by atoms with Gasteiger partial charge in [-0.2, -0.15) is 5.26 Å². The summed E-state index contributed by atoms with van der Waals surface area (Å²) in [5, 5.41) is 10.2. The van der Waals surface area contributed by atoms with E-state index in [1.54, 1.807) is 0 Å². The van der Waals surface area contributed by atoms with Gasteiger partial charge in [0.05, 0.1) is 11.5 Å². The highest BCUT2D eigenvalue weighted by Crippen LogP contribution is 2.80. The Morgan fingerprint density at radius 1 is 1.38 bits per heavy atom. The third-order valence-electron chi connectivity index (χ3n) is 9.72. The van der Waals surface area contributed by atoms with E-state index in [2.05, 4.69) is 32.6 Å². The van der Waals surface area contributed by atoms with Gasteiger partial charge in [0.15, 0.2) is 5.78 Å². The summed E-state index contributed by atoms with van der Waals surface area (Å²) >= 11 is 0. The van der Waals surface area contributed by atoms with Gasteiger partial charge in [0.25, 0.3) is 0 Å². The molecule has 4 saturated carbocycles. The second-order valence-corrected chi connectivity index (χ2v) is 10.1. The molecule has 0 aromatic heterocycles. The number of nitrogens with zero attached hydrogens (tertiary/aromatic N) is 1. The van der Waals surface area contributed by atoms with Crippen LogP contribution in [0.5, 0.6) is 0 Å². The highest BCUT2D eigenvalue weighted by Gasteiger charge is 2.76. The summed E-state index contributed by atoms with van der Waals surface area (Å²) in [6.45, 7) is 8.84. The Labute approximate surface area is 157 Å². The van der Waals surface area contributed by atoms with Gasteiger partial charge in [-0.25, -0.2) is 0 Å². The van der Waals surface area contributed by atoms with Crippen molar-refractivity contribution in [2.45, 2.75) is 58.8 Å². The molecule has 0 radical (unpaired) electrons. The van der Waals surface area contributed by atoms with Crippen LogP contribution in [0.15, 0.2) is 24.3 Å². The average Bonchev–Trinajstić information content (AvgIpc) is 3.42. The van der Waals surface area contributed by atoms with Crippen molar-refractivity contribution in [1.82, 2.24) is 0 Å². The van der Waals surface area contributed by atoms with E-state index in [9.17, 15) is 10.1 Å². The van der Waals surface area contributed by atoms with Crippen LogP contribution in [-0.2, 0) is 4.79 Å². The molecule has 4 fully saturated rings. The Morgan fingerprint density at radius 3 is 2.88 bits per heavy atom. The number of rotatable bonds is 2. The van der Waals surface area contributed by atoms with Gasteiger partial charge < -0.3 is 0 Å². The lowest BCUT2D eigenvalue weighted by Crippen LogP contribution is -2.54. The number of hydrogen-bond acceptors (Lipinski definition) is 2. The predicted octanol–water partition coefficient (Wildman–Crippen LogP) is 5.32. The van der Waals surface area contributed by atoms with E-state index in [-0.39, 0.29) is 10.8 Å². The quantitative estimate of drug-likeness (QED) is 0.633. The van der Waals surface area contributed by atoms with E-state index in [4.69, 9.17) is 0 Å². The number of allylic oxidation sites excluding steroid dienone is 2. The molecule has 0 bridgehead atoms. The molecule has 0 amide bonds. The second kappa shape index (κ2) is 5.34. The molecule has 2 heteroatoms. The van der Waals surface area contributed by atoms with E-state index in [1.165, 1.54) is 24.8 Å². The highest BCUT2D eigenvalue weighted by atomic mass is 16.1. The first-order valence-corrected chi connectivity index (χ1v) is 10.8. The molecule has 2 nitrogen and oxygen atoms in total. The lowest BCUT2D eigenvalue weighted by Gasteiger charge is -2.59. The summed E-state index contributed by atoms with van der Waals surface area (Å²) in [5.41, 5.74) is 1.50. The summed E-state index contributed by atoms with van der Waals surface area (Å²) < 4.78 is 0. The molecular weight excluding hydrogens is 318 g/mol. The van der Waals surface area contributed by atoms with Gasteiger partial charge in [-0.15, -0.1) is 6.58 Å². The van der Waals surface area contributed by atoms with Gasteiger partial charge in [0.1, 0.15) is 0 Å². The first-order chi connectivity index (χ1) is 12.5. The number of carbonyl (C=O) groups excluding carboxylic acids is 1. The fourth-order valence-corrected chi connectivity index (χ4v) is 8.61. The predicted molar refractivity (Wildman–Crippen MR) is 102 cm³/mol. The molecule has 0 aliphatic heterocycles. The van der Waals surface area contributed by atoms with E-state index in [0.29, 0.717) is 41.3 Å². The number of carbonyl (C=O) groups is 1. The Bertz CT molecular complexity index is 744. The van der Waals surface area contributed by atoms with Crippen LogP contribution in [0.4, 0.5) is 0 Å². The van der Waals surface area contributed by atoms with Crippen LogP contribution in [0, 0.1) is 63.6 Å². The van der Waals surface area contributed by atoms with Crippen molar-refractivity contribution in [3.63, 3.8) is 0 Å². The van der Waals surface area contributed by atoms with Crippen molar-refractivity contribution in [1.29, 1.82) is 5.26 Å². The lowest BCUT2D eigenvalue weighted by molar-refractivity contribution is -0.117. The lowest BCUT2D eigenvalue weighted by atomic mass is 9.44. The minimum atomic E-state index is -0.133. The van der Waals surface area contributed by atoms with Crippen molar-refractivity contribution in [3.8, 4) is 6.07 Å². The van der Waals surface area contributed by atoms with Gasteiger partial charge in [0.2, 0.25) is 0 Å². The zero-order valence-electron chi connectivity index (χ0n) is 16.2. The molecule has 26 heavy (non-hydrogen) atoms. The Morgan fingerprint density at radius 2 is 2.19 bits per heavy atom.